The maximum Gasteiger partial charge on any atom is 0.279 e. The second kappa shape index (κ2) is 3.10. The van der Waals surface area contributed by atoms with Crippen LogP contribution in [-0.4, -0.2) is 46.2 Å². The molecule has 0 aromatic rings. The average Bonchev–Trinajstić information content (AvgIpc) is 1.27. The molecule has 0 aliphatic rings. The third kappa shape index (κ3) is 6.05. The molecular weight excluding hydrogens is 85.7 g/mol. The zero-order valence-electron chi connectivity index (χ0n) is 5.60. The number of nitrogens with zero attached hydrogens (tertiary/aromatic N) is 2. The standard InChI is InChI=1S/C3H12B2N2/c1-6(2)5-7(3)4/h5H,4H2,1-3H3. The van der Waals surface area contributed by atoms with Crippen molar-refractivity contribution in [3.05, 3.63) is 0 Å². The Kier molecular flexibility index (Phi) is 3.13. The summed E-state index contributed by atoms with van der Waals surface area (Å²) in [5.41, 5.74) is 0. The molecule has 0 aliphatic carbocycles. The first kappa shape index (κ1) is 7.05. The fourth-order valence-corrected chi connectivity index (χ4v) is 0.566. The SMILES string of the molecule is BN(C)BN(C)C. The van der Waals surface area contributed by atoms with Crippen LogP contribution in [0.3, 0.4) is 0 Å². The first-order chi connectivity index (χ1) is 3.13. The normalized spacial score (nSPS) is 10.4. The Bertz CT molecular complexity index is 40.2. The zero-order chi connectivity index (χ0) is 5.86. The first-order valence-electron chi connectivity index (χ1n) is 2.42. The van der Waals surface area contributed by atoms with Crippen molar-refractivity contribution in [1.29, 1.82) is 0 Å². The Morgan fingerprint density at radius 2 is 1.71 bits per heavy atom. The van der Waals surface area contributed by atoms with Gasteiger partial charge in [-0.3, -0.25) is 0 Å². The van der Waals surface area contributed by atoms with Crippen molar-refractivity contribution < 1.29 is 0 Å². The van der Waals surface area contributed by atoms with Crippen LogP contribution in [0.2, 0.25) is 0 Å². The van der Waals surface area contributed by atoms with Crippen LogP contribution in [0.5, 0.6) is 0 Å². The van der Waals surface area contributed by atoms with E-state index in [1.54, 1.807) is 0 Å². The highest BCUT2D eigenvalue weighted by molar-refractivity contribution is 6.38. The van der Waals surface area contributed by atoms with Crippen LogP contribution in [0.25, 0.3) is 0 Å². The molecule has 0 heterocycles. The van der Waals surface area contributed by atoms with Gasteiger partial charge in [0.15, 0.2) is 7.98 Å². The summed E-state index contributed by atoms with van der Waals surface area (Å²) in [6.07, 6.45) is 0. The summed E-state index contributed by atoms with van der Waals surface area (Å²) in [4.78, 5) is 2.12. The highest BCUT2D eigenvalue weighted by Gasteiger charge is 1.92. The van der Waals surface area contributed by atoms with Gasteiger partial charge in [-0.25, -0.2) is 0 Å². The molecule has 0 aromatic heterocycles. The van der Waals surface area contributed by atoms with Crippen LogP contribution in [0.1, 0.15) is 0 Å². The van der Waals surface area contributed by atoms with Crippen LogP contribution < -0.4 is 0 Å². The van der Waals surface area contributed by atoms with Gasteiger partial charge in [-0.1, -0.05) is 0 Å². The number of hydrogen-bond donors (Lipinski definition) is 0. The summed E-state index contributed by atoms with van der Waals surface area (Å²) >= 11 is 0. The molecule has 0 atom stereocenters. The molecule has 2 nitrogen and oxygen atoms in total. The van der Waals surface area contributed by atoms with Gasteiger partial charge < -0.3 is 9.53 Å². The minimum atomic E-state index is 1.03. The van der Waals surface area contributed by atoms with Crippen molar-refractivity contribution in [1.82, 2.24) is 9.53 Å². The lowest BCUT2D eigenvalue weighted by Gasteiger charge is -2.12. The van der Waals surface area contributed by atoms with Gasteiger partial charge in [0.05, 0.1) is 0 Å². The molecule has 0 saturated heterocycles. The van der Waals surface area contributed by atoms with Gasteiger partial charge >= 0.3 is 0 Å². The van der Waals surface area contributed by atoms with E-state index in [4.69, 9.17) is 0 Å². The smallest absolute Gasteiger partial charge is 0.279 e. The lowest BCUT2D eigenvalue weighted by molar-refractivity contribution is 0.611. The second-order valence-electron chi connectivity index (χ2n) is 2.30. The third-order valence-electron chi connectivity index (χ3n) is 0.566. The van der Waals surface area contributed by atoms with Crippen molar-refractivity contribution in [2.24, 2.45) is 0 Å². The predicted octanol–water partition coefficient (Wildman–Crippen LogP) is -1.71. The van der Waals surface area contributed by atoms with Crippen molar-refractivity contribution in [2.45, 2.75) is 0 Å². The van der Waals surface area contributed by atoms with Crippen LogP contribution in [-0.2, 0) is 0 Å². The van der Waals surface area contributed by atoms with E-state index in [0.29, 0.717) is 0 Å². The van der Waals surface area contributed by atoms with E-state index in [-0.39, 0.29) is 0 Å². The summed E-state index contributed by atoms with van der Waals surface area (Å²) in [6.45, 7) is 0. The summed E-state index contributed by atoms with van der Waals surface area (Å²) in [6, 6.07) is 0. The van der Waals surface area contributed by atoms with Gasteiger partial charge in [0.1, 0.15) is 0 Å². The number of hydrogen-bond acceptors (Lipinski definition) is 2. The summed E-state index contributed by atoms with van der Waals surface area (Å²) < 4.78 is 2.12. The van der Waals surface area contributed by atoms with Crippen LogP contribution >= 0.6 is 0 Å². The molecule has 4 heteroatoms. The van der Waals surface area contributed by atoms with E-state index < -0.39 is 0 Å². The molecule has 0 amide bonds. The monoisotopic (exact) mass is 98.1 g/mol. The van der Waals surface area contributed by atoms with E-state index in [1.807, 2.05) is 0 Å². The molecule has 0 bridgehead atoms. The van der Waals surface area contributed by atoms with Gasteiger partial charge in [-0.15, -0.1) is 0 Å². The van der Waals surface area contributed by atoms with E-state index in [0.717, 1.165) is 7.55 Å². The molecule has 0 spiro atoms. The lowest BCUT2D eigenvalue weighted by atomic mass is 10.0. The second-order valence-corrected chi connectivity index (χ2v) is 2.30. The predicted molar refractivity (Wildman–Crippen MR) is 37.1 cm³/mol. The largest absolute Gasteiger partial charge is 0.382 e. The van der Waals surface area contributed by atoms with Crippen molar-refractivity contribution in [2.75, 3.05) is 21.1 Å². The van der Waals surface area contributed by atoms with E-state index >= 15 is 0 Å². The summed E-state index contributed by atoms with van der Waals surface area (Å²) in [5, 5.41) is 0. The Balaban J connectivity index is 2.95. The molecule has 0 radical (unpaired) electrons. The van der Waals surface area contributed by atoms with Gasteiger partial charge in [-0.05, 0) is 21.1 Å². The number of rotatable bonds is 2. The first-order valence-corrected chi connectivity index (χ1v) is 2.42. The van der Waals surface area contributed by atoms with E-state index in [2.05, 4.69) is 38.7 Å². The van der Waals surface area contributed by atoms with Crippen LogP contribution in [0.15, 0.2) is 0 Å². The van der Waals surface area contributed by atoms with Crippen molar-refractivity contribution >= 4 is 15.5 Å². The Morgan fingerprint density at radius 1 is 1.29 bits per heavy atom. The quantitative estimate of drug-likeness (QED) is 0.379. The fraction of sp³-hybridized carbons (Fsp3) is 1.00. The van der Waals surface area contributed by atoms with Crippen LogP contribution in [0.4, 0.5) is 0 Å². The molecular formula is C3H12B2N2. The lowest BCUT2D eigenvalue weighted by Crippen LogP contribution is -2.32. The Hall–Kier alpha value is 0.0499. The van der Waals surface area contributed by atoms with E-state index in [9.17, 15) is 0 Å². The Labute approximate surface area is 47.2 Å². The van der Waals surface area contributed by atoms with Crippen molar-refractivity contribution in [3.8, 4) is 0 Å². The molecule has 0 saturated carbocycles. The molecule has 0 unspecified atom stereocenters. The van der Waals surface area contributed by atoms with Gasteiger partial charge in [0.25, 0.3) is 7.55 Å². The molecule has 0 fully saturated rings. The fourth-order valence-electron chi connectivity index (χ4n) is 0.566. The zero-order valence-corrected chi connectivity index (χ0v) is 5.60. The topological polar surface area (TPSA) is 6.48 Å². The molecule has 0 rings (SSSR count). The average molecular weight is 97.8 g/mol. The van der Waals surface area contributed by atoms with E-state index in [1.165, 1.54) is 0 Å². The summed E-state index contributed by atoms with van der Waals surface area (Å²) in [7, 11) is 9.25. The van der Waals surface area contributed by atoms with Crippen LogP contribution in [0, 0.1) is 0 Å². The Morgan fingerprint density at radius 3 is 1.71 bits per heavy atom. The van der Waals surface area contributed by atoms with Gasteiger partial charge in [0.2, 0.25) is 0 Å². The highest BCUT2D eigenvalue weighted by Crippen LogP contribution is 1.69. The summed E-state index contributed by atoms with van der Waals surface area (Å²) in [5.74, 6) is 0. The third-order valence-corrected chi connectivity index (χ3v) is 0.566. The molecule has 40 valence electrons. The van der Waals surface area contributed by atoms with Gasteiger partial charge in [-0.2, -0.15) is 0 Å². The molecule has 7 heavy (non-hydrogen) atoms. The highest BCUT2D eigenvalue weighted by atomic mass is 15.1. The van der Waals surface area contributed by atoms with Crippen molar-refractivity contribution in [3.63, 3.8) is 0 Å². The molecule has 0 aromatic carbocycles. The maximum atomic E-state index is 2.12. The molecule has 0 aliphatic heterocycles. The molecule has 0 N–H and O–H groups in total. The minimum Gasteiger partial charge on any atom is -0.382 e. The minimum absolute atomic E-state index is 1.03. The van der Waals surface area contributed by atoms with Gasteiger partial charge in [0, 0.05) is 0 Å². The maximum absolute atomic E-state index is 2.12.